The quantitative estimate of drug-likeness (QED) is 0.817. The molecule has 6 nitrogen and oxygen atoms in total. The van der Waals surface area contributed by atoms with E-state index in [0.29, 0.717) is 18.0 Å². The molecule has 0 bridgehead atoms. The van der Waals surface area contributed by atoms with E-state index in [9.17, 15) is 13.2 Å². The summed E-state index contributed by atoms with van der Waals surface area (Å²) in [6.45, 7) is 0. The fraction of sp³-hybridized carbons (Fsp3) is 0.556. The summed E-state index contributed by atoms with van der Waals surface area (Å²) in [5, 5.41) is 8.55. The second-order valence-electron chi connectivity index (χ2n) is 3.85. The number of sulfone groups is 1. The van der Waals surface area contributed by atoms with Crippen LogP contribution in [0, 0.1) is 0 Å². The fourth-order valence-corrected chi connectivity index (χ4v) is 3.47. The number of aromatic nitrogens is 1. The molecule has 1 aliphatic heterocycles. The van der Waals surface area contributed by atoms with Crippen LogP contribution in [-0.2, 0) is 21.1 Å². The Labute approximate surface area is 92.2 Å². The van der Waals surface area contributed by atoms with E-state index in [2.05, 4.69) is 4.98 Å². The number of carboxylic acids is 1. The van der Waals surface area contributed by atoms with Crippen LogP contribution in [-0.4, -0.2) is 36.0 Å². The van der Waals surface area contributed by atoms with Crippen molar-refractivity contribution < 1.29 is 22.7 Å². The topological polar surface area (TPSA) is 97.5 Å². The Morgan fingerprint density at radius 2 is 2.38 bits per heavy atom. The van der Waals surface area contributed by atoms with Gasteiger partial charge in [-0.2, -0.15) is 0 Å². The molecule has 0 aliphatic carbocycles. The summed E-state index contributed by atoms with van der Waals surface area (Å²) in [6, 6.07) is 0. The lowest BCUT2D eigenvalue weighted by atomic mass is 10.1. The number of hydrogen-bond donors (Lipinski definition) is 1. The maximum Gasteiger partial charge on any atom is 0.309 e. The van der Waals surface area contributed by atoms with Gasteiger partial charge >= 0.3 is 5.97 Å². The summed E-state index contributed by atoms with van der Waals surface area (Å²) < 4.78 is 27.6. The zero-order valence-electron chi connectivity index (χ0n) is 8.42. The van der Waals surface area contributed by atoms with Crippen LogP contribution in [0.15, 0.2) is 10.7 Å². The van der Waals surface area contributed by atoms with Crippen molar-refractivity contribution in [3.8, 4) is 0 Å². The Morgan fingerprint density at radius 3 is 2.94 bits per heavy atom. The van der Waals surface area contributed by atoms with Crippen molar-refractivity contribution in [1.82, 2.24) is 4.98 Å². The first kappa shape index (κ1) is 11.1. The van der Waals surface area contributed by atoms with Crippen LogP contribution >= 0.6 is 0 Å². The smallest absolute Gasteiger partial charge is 0.309 e. The van der Waals surface area contributed by atoms with Crippen LogP contribution in [0.4, 0.5) is 0 Å². The molecular formula is C9H11NO5S. The number of oxazole rings is 1. The number of nitrogens with zero attached hydrogens (tertiary/aromatic N) is 1. The van der Waals surface area contributed by atoms with E-state index in [1.54, 1.807) is 0 Å². The lowest BCUT2D eigenvalue weighted by Gasteiger charge is -1.99. The molecule has 1 aromatic rings. The molecule has 1 saturated heterocycles. The van der Waals surface area contributed by atoms with Gasteiger partial charge in [0, 0.05) is 0 Å². The largest absolute Gasteiger partial charge is 0.481 e. The molecule has 88 valence electrons. The van der Waals surface area contributed by atoms with Crippen molar-refractivity contribution in [3.05, 3.63) is 17.8 Å². The van der Waals surface area contributed by atoms with Gasteiger partial charge in [-0.25, -0.2) is 13.4 Å². The zero-order valence-corrected chi connectivity index (χ0v) is 9.24. The van der Waals surface area contributed by atoms with Crippen molar-refractivity contribution in [2.45, 2.75) is 18.8 Å². The predicted octanol–water partition coefficient (Wildman–Crippen LogP) is 0.204. The zero-order chi connectivity index (χ0) is 11.8. The monoisotopic (exact) mass is 245 g/mol. The minimum Gasteiger partial charge on any atom is -0.481 e. The van der Waals surface area contributed by atoms with Gasteiger partial charge in [-0.05, 0) is 6.42 Å². The second kappa shape index (κ2) is 3.89. The molecule has 2 heterocycles. The second-order valence-corrected chi connectivity index (χ2v) is 6.08. The van der Waals surface area contributed by atoms with Crippen LogP contribution < -0.4 is 0 Å². The third kappa shape index (κ3) is 2.41. The Kier molecular flexibility index (Phi) is 2.71. The molecule has 1 unspecified atom stereocenters. The van der Waals surface area contributed by atoms with Crippen molar-refractivity contribution >= 4 is 15.8 Å². The Bertz CT molecular complexity index is 504. The van der Waals surface area contributed by atoms with Crippen molar-refractivity contribution in [2.75, 3.05) is 11.5 Å². The van der Waals surface area contributed by atoms with Crippen LogP contribution in [0.2, 0.25) is 0 Å². The van der Waals surface area contributed by atoms with Crippen LogP contribution in [0.3, 0.4) is 0 Å². The molecule has 1 aliphatic rings. The van der Waals surface area contributed by atoms with E-state index in [1.807, 2.05) is 0 Å². The SMILES string of the molecule is O=C(O)Cc1coc(C2CCS(=O)(=O)C2)n1. The van der Waals surface area contributed by atoms with E-state index in [4.69, 9.17) is 9.52 Å². The van der Waals surface area contributed by atoms with E-state index in [0.717, 1.165) is 0 Å². The van der Waals surface area contributed by atoms with E-state index < -0.39 is 15.8 Å². The van der Waals surface area contributed by atoms with Crippen LogP contribution in [0.25, 0.3) is 0 Å². The van der Waals surface area contributed by atoms with Gasteiger partial charge in [0.1, 0.15) is 6.26 Å². The summed E-state index contributed by atoms with van der Waals surface area (Å²) >= 11 is 0. The predicted molar refractivity (Wildman–Crippen MR) is 53.9 cm³/mol. The first-order valence-corrected chi connectivity index (χ1v) is 6.65. The van der Waals surface area contributed by atoms with Gasteiger partial charge in [-0.1, -0.05) is 0 Å². The molecule has 7 heteroatoms. The maximum atomic E-state index is 11.2. The molecule has 0 radical (unpaired) electrons. The molecule has 0 saturated carbocycles. The summed E-state index contributed by atoms with van der Waals surface area (Å²) in [4.78, 5) is 14.4. The van der Waals surface area contributed by atoms with Gasteiger partial charge in [0.2, 0.25) is 0 Å². The number of aliphatic carboxylic acids is 1. The molecule has 1 fully saturated rings. The molecule has 0 spiro atoms. The Hall–Kier alpha value is -1.37. The molecule has 16 heavy (non-hydrogen) atoms. The highest BCUT2D eigenvalue weighted by Gasteiger charge is 2.32. The number of carboxylic acid groups (broad SMARTS) is 1. The summed E-state index contributed by atoms with van der Waals surface area (Å²) in [5.41, 5.74) is 0.326. The number of hydrogen-bond acceptors (Lipinski definition) is 5. The van der Waals surface area contributed by atoms with Gasteiger partial charge in [-0.15, -0.1) is 0 Å². The lowest BCUT2D eigenvalue weighted by Crippen LogP contribution is -2.05. The highest BCUT2D eigenvalue weighted by molar-refractivity contribution is 7.91. The minimum absolute atomic E-state index is 0.0417. The first-order chi connectivity index (χ1) is 7.46. The highest BCUT2D eigenvalue weighted by Crippen LogP contribution is 2.28. The third-order valence-corrected chi connectivity index (χ3v) is 4.25. The van der Waals surface area contributed by atoms with Gasteiger partial charge in [0.25, 0.3) is 0 Å². The number of rotatable bonds is 3. The minimum atomic E-state index is -2.97. The number of carbonyl (C=O) groups is 1. The maximum absolute atomic E-state index is 11.2. The molecule has 2 rings (SSSR count). The van der Waals surface area contributed by atoms with Crippen LogP contribution in [0.1, 0.15) is 23.9 Å². The fourth-order valence-electron chi connectivity index (χ4n) is 1.74. The van der Waals surface area contributed by atoms with Crippen molar-refractivity contribution in [1.29, 1.82) is 0 Å². The summed E-state index contributed by atoms with van der Waals surface area (Å²) in [7, 11) is -2.97. The Morgan fingerprint density at radius 1 is 1.62 bits per heavy atom. The third-order valence-electron chi connectivity index (χ3n) is 2.48. The van der Waals surface area contributed by atoms with E-state index in [-0.39, 0.29) is 23.8 Å². The average Bonchev–Trinajstić information content (AvgIpc) is 2.71. The molecule has 1 aromatic heterocycles. The lowest BCUT2D eigenvalue weighted by molar-refractivity contribution is -0.136. The van der Waals surface area contributed by atoms with Crippen molar-refractivity contribution in [2.24, 2.45) is 0 Å². The highest BCUT2D eigenvalue weighted by atomic mass is 32.2. The van der Waals surface area contributed by atoms with Gasteiger partial charge < -0.3 is 9.52 Å². The van der Waals surface area contributed by atoms with E-state index >= 15 is 0 Å². The Balaban J connectivity index is 2.11. The first-order valence-electron chi connectivity index (χ1n) is 4.83. The van der Waals surface area contributed by atoms with Crippen molar-refractivity contribution in [3.63, 3.8) is 0 Å². The van der Waals surface area contributed by atoms with Crippen LogP contribution in [0.5, 0.6) is 0 Å². The molecular weight excluding hydrogens is 234 g/mol. The molecule has 1 atom stereocenters. The molecule has 1 N–H and O–H groups in total. The normalized spacial score (nSPS) is 23.4. The van der Waals surface area contributed by atoms with E-state index in [1.165, 1.54) is 6.26 Å². The van der Waals surface area contributed by atoms with Gasteiger partial charge in [-0.3, -0.25) is 4.79 Å². The summed E-state index contributed by atoms with van der Waals surface area (Å²) in [5.74, 6) is -0.697. The van der Waals surface area contributed by atoms with Gasteiger partial charge in [0.15, 0.2) is 15.7 Å². The molecule has 0 amide bonds. The average molecular weight is 245 g/mol. The summed E-state index contributed by atoms with van der Waals surface area (Å²) in [6.07, 6.45) is 1.56. The van der Waals surface area contributed by atoms with Gasteiger partial charge in [0.05, 0.1) is 29.5 Å². The standard InChI is InChI=1S/C9H11NO5S/c11-8(12)3-7-4-15-9(10-7)6-1-2-16(13,14)5-6/h4,6H,1-3,5H2,(H,11,12). The molecule has 0 aromatic carbocycles.